The lowest BCUT2D eigenvalue weighted by molar-refractivity contribution is -0.117. The molecule has 1 aromatic heterocycles. The van der Waals surface area contributed by atoms with E-state index in [0.717, 1.165) is 25.5 Å². The van der Waals surface area contributed by atoms with E-state index < -0.39 is 0 Å². The molecule has 0 aliphatic carbocycles. The molecule has 0 saturated carbocycles. The van der Waals surface area contributed by atoms with Gasteiger partial charge in [-0.2, -0.15) is 0 Å². The fourth-order valence-corrected chi connectivity index (χ4v) is 4.15. The number of hydrogen-bond donors (Lipinski definition) is 2. The van der Waals surface area contributed by atoms with Crippen LogP contribution in [0.2, 0.25) is 5.02 Å². The summed E-state index contributed by atoms with van der Waals surface area (Å²) in [4.78, 5) is 12.7. The first-order chi connectivity index (χ1) is 9.58. The predicted molar refractivity (Wildman–Crippen MR) is 80.7 cm³/mol. The van der Waals surface area contributed by atoms with Gasteiger partial charge in [0.1, 0.15) is 11.0 Å². The smallest absolute Gasteiger partial charge is 0.246 e. The molecule has 1 aliphatic heterocycles. The van der Waals surface area contributed by atoms with Crippen molar-refractivity contribution in [3.05, 3.63) is 27.7 Å². The molecule has 5 nitrogen and oxygen atoms in total. The molecular formula is C12H11ClN4OS2. The Balaban J connectivity index is 1.95. The first-order valence-electron chi connectivity index (χ1n) is 5.88. The van der Waals surface area contributed by atoms with Gasteiger partial charge < -0.3 is 10.6 Å². The summed E-state index contributed by atoms with van der Waals surface area (Å²) in [5.74, 6) is -0.0625. The van der Waals surface area contributed by atoms with Crippen molar-refractivity contribution in [2.45, 2.75) is 22.2 Å². The highest BCUT2D eigenvalue weighted by atomic mass is 35.5. The van der Waals surface area contributed by atoms with Gasteiger partial charge in [0.15, 0.2) is 4.34 Å². The molecule has 2 aromatic rings. The van der Waals surface area contributed by atoms with E-state index in [9.17, 15) is 4.79 Å². The molecule has 104 valence electrons. The molecule has 0 fully saturated rings. The average Bonchev–Trinajstić information content (AvgIpc) is 2.93. The van der Waals surface area contributed by atoms with Gasteiger partial charge in [-0.05, 0) is 26.1 Å². The number of likely N-dealkylation sites (N-methyl/N-ethyl adjacent to an activating group) is 1. The number of aryl methyl sites for hydroxylation is 1. The van der Waals surface area contributed by atoms with Gasteiger partial charge in [-0.1, -0.05) is 34.7 Å². The molecule has 8 heteroatoms. The predicted octanol–water partition coefficient (Wildman–Crippen LogP) is 2.86. The van der Waals surface area contributed by atoms with E-state index in [1.165, 1.54) is 23.1 Å². The maximum atomic E-state index is 11.8. The van der Waals surface area contributed by atoms with Crippen molar-refractivity contribution in [3.63, 3.8) is 0 Å². The fourth-order valence-electron chi connectivity index (χ4n) is 2.04. The second-order valence-corrected chi connectivity index (χ2v) is 7.15. The summed E-state index contributed by atoms with van der Waals surface area (Å²) in [6, 6.07) is 3.37. The average molecular weight is 327 g/mol. The zero-order valence-corrected chi connectivity index (χ0v) is 13.1. The van der Waals surface area contributed by atoms with E-state index in [1.54, 1.807) is 7.05 Å². The van der Waals surface area contributed by atoms with Crippen LogP contribution in [0.15, 0.2) is 21.4 Å². The third-order valence-electron chi connectivity index (χ3n) is 2.93. The van der Waals surface area contributed by atoms with E-state index in [1.807, 2.05) is 19.1 Å². The highest BCUT2D eigenvalue weighted by Gasteiger charge is 2.30. The molecular weight excluding hydrogens is 316 g/mol. The lowest BCUT2D eigenvalue weighted by Gasteiger charge is -2.08. The minimum absolute atomic E-state index is 0.0625. The van der Waals surface area contributed by atoms with Crippen LogP contribution in [-0.4, -0.2) is 23.2 Å². The van der Waals surface area contributed by atoms with Crippen LogP contribution in [0.3, 0.4) is 0 Å². The third-order valence-corrected chi connectivity index (χ3v) is 5.30. The molecule has 1 aromatic carbocycles. The fraction of sp³-hybridized carbons (Fsp3) is 0.250. The van der Waals surface area contributed by atoms with Gasteiger partial charge in [-0.15, -0.1) is 10.2 Å². The molecule has 1 amide bonds. The normalized spacial score (nSPS) is 17.1. The lowest BCUT2D eigenvalue weighted by atomic mass is 10.1. The summed E-state index contributed by atoms with van der Waals surface area (Å²) in [6.45, 7) is 1.91. The molecule has 3 rings (SSSR count). The molecule has 1 atom stereocenters. The second kappa shape index (κ2) is 5.33. The molecule has 2 heterocycles. The summed E-state index contributed by atoms with van der Waals surface area (Å²) in [5.41, 5.74) is 1.67. The molecule has 1 unspecified atom stereocenters. The summed E-state index contributed by atoms with van der Waals surface area (Å²) in [6.07, 6.45) is 0. The number of benzene rings is 1. The maximum absolute atomic E-state index is 11.8. The summed E-state index contributed by atoms with van der Waals surface area (Å²) >= 11 is 9.27. The number of aromatic nitrogens is 2. The van der Waals surface area contributed by atoms with Crippen LogP contribution in [0.4, 0.5) is 5.69 Å². The van der Waals surface area contributed by atoms with E-state index in [-0.39, 0.29) is 11.9 Å². The van der Waals surface area contributed by atoms with Gasteiger partial charge in [-0.3, -0.25) is 4.79 Å². The quantitative estimate of drug-likeness (QED) is 0.908. The molecule has 20 heavy (non-hydrogen) atoms. The summed E-state index contributed by atoms with van der Waals surface area (Å²) in [5, 5.41) is 15.4. The Labute approximate surface area is 129 Å². The molecule has 0 spiro atoms. The van der Waals surface area contributed by atoms with Crippen LogP contribution >= 0.6 is 34.7 Å². The first kappa shape index (κ1) is 13.8. The SMILES string of the molecule is CNC1C(=O)Nc2cc(Sc3nnc(C)s3)c(Cl)cc21. The number of nitrogens with zero attached hydrogens (tertiary/aromatic N) is 2. The van der Waals surface area contributed by atoms with Crippen molar-refractivity contribution in [2.75, 3.05) is 12.4 Å². The Bertz CT molecular complexity index is 688. The number of carbonyl (C=O) groups is 1. The number of hydrogen-bond acceptors (Lipinski definition) is 6. The number of carbonyl (C=O) groups excluding carboxylic acids is 1. The van der Waals surface area contributed by atoms with Crippen LogP contribution in [0.1, 0.15) is 16.6 Å². The van der Waals surface area contributed by atoms with Crippen molar-refractivity contribution >= 4 is 46.3 Å². The molecule has 2 N–H and O–H groups in total. The van der Waals surface area contributed by atoms with Crippen molar-refractivity contribution in [3.8, 4) is 0 Å². The number of rotatable bonds is 3. The van der Waals surface area contributed by atoms with Crippen LogP contribution < -0.4 is 10.6 Å². The number of fused-ring (bicyclic) bond motifs is 1. The Morgan fingerprint density at radius 3 is 2.90 bits per heavy atom. The van der Waals surface area contributed by atoms with Gasteiger partial charge in [-0.25, -0.2) is 0 Å². The second-order valence-electron chi connectivity index (χ2n) is 4.27. The molecule has 0 saturated heterocycles. The van der Waals surface area contributed by atoms with Crippen molar-refractivity contribution in [1.82, 2.24) is 15.5 Å². The largest absolute Gasteiger partial charge is 0.324 e. The van der Waals surface area contributed by atoms with Gasteiger partial charge in [0.05, 0.1) is 5.02 Å². The van der Waals surface area contributed by atoms with Crippen LogP contribution in [-0.2, 0) is 4.79 Å². The third kappa shape index (κ3) is 2.42. The van der Waals surface area contributed by atoms with Crippen molar-refractivity contribution in [2.24, 2.45) is 0 Å². The molecule has 1 aliphatic rings. The number of amides is 1. The molecule has 0 bridgehead atoms. The maximum Gasteiger partial charge on any atom is 0.246 e. The number of nitrogens with one attached hydrogen (secondary N) is 2. The zero-order valence-electron chi connectivity index (χ0n) is 10.7. The summed E-state index contributed by atoms with van der Waals surface area (Å²) < 4.78 is 0.832. The Kier molecular flexibility index (Phi) is 3.68. The zero-order chi connectivity index (χ0) is 14.3. The van der Waals surface area contributed by atoms with Gasteiger partial charge in [0, 0.05) is 16.1 Å². The Hall–Kier alpha value is -1.15. The minimum atomic E-state index is -0.342. The van der Waals surface area contributed by atoms with E-state index >= 15 is 0 Å². The lowest BCUT2D eigenvalue weighted by Crippen LogP contribution is -2.23. The molecule has 0 radical (unpaired) electrons. The van der Waals surface area contributed by atoms with Crippen molar-refractivity contribution in [1.29, 1.82) is 0 Å². The van der Waals surface area contributed by atoms with Crippen molar-refractivity contribution < 1.29 is 4.79 Å². The van der Waals surface area contributed by atoms with Gasteiger partial charge in [0.25, 0.3) is 0 Å². The monoisotopic (exact) mass is 326 g/mol. The highest BCUT2D eigenvalue weighted by Crippen LogP contribution is 2.41. The van der Waals surface area contributed by atoms with Gasteiger partial charge in [0.2, 0.25) is 5.91 Å². The number of anilines is 1. The number of halogens is 1. The minimum Gasteiger partial charge on any atom is -0.324 e. The van der Waals surface area contributed by atoms with E-state index in [2.05, 4.69) is 20.8 Å². The summed E-state index contributed by atoms with van der Waals surface area (Å²) in [7, 11) is 1.75. The van der Waals surface area contributed by atoms with Crippen LogP contribution in [0, 0.1) is 6.92 Å². The standard InChI is InChI=1S/C12H11ClN4OS2/c1-5-16-17-12(19-5)20-9-4-8-6(3-7(9)13)10(14-2)11(18)15-8/h3-4,10,14H,1-2H3,(H,15,18). The van der Waals surface area contributed by atoms with Gasteiger partial charge >= 0.3 is 0 Å². The Morgan fingerprint density at radius 1 is 1.45 bits per heavy atom. The highest BCUT2D eigenvalue weighted by molar-refractivity contribution is 8.01. The van der Waals surface area contributed by atoms with E-state index in [4.69, 9.17) is 11.6 Å². The first-order valence-corrected chi connectivity index (χ1v) is 7.89. The Morgan fingerprint density at radius 2 is 2.25 bits per heavy atom. The van der Waals surface area contributed by atoms with Crippen LogP contribution in [0.25, 0.3) is 0 Å². The van der Waals surface area contributed by atoms with E-state index in [0.29, 0.717) is 5.02 Å². The van der Waals surface area contributed by atoms with Crippen LogP contribution in [0.5, 0.6) is 0 Å². The topological polar surface area (TPSA) is 66.9 Å².